The Labute approximate surface area is 72.5 Å². The van der Waals surface area contributed by atoms with E-state index in [0.717, 1.165) is 12.0 Å². The van der Waals surface area contributed by atoms with Crippen molar-refractivity contribution in [1.29, 1.82) is 0 Å². The van der Waals surface area contributed by atoms with Crippen LogP contribution in [-0.4, -0.2) is 13.2 Å². The van der Waals surface area contributed by atoms with Gasteiger partial charge in [-0.15, -0.1) is 0 Å². The summed E-state index contributed by atoms with van der Waals surface area (Å²) in [6, 6.07) is 1.89. The van der Waals surface area contributed by atoms with Crippen LogP contribution in [0, 0.1) is 0 Å². The first-order chi connectivity index (χ1) is 5.74. The van der Waals surface area contributed by atoms with Crippen molar-refractivity contribution in [3.63, 3.8) is 0 Å². The maximum atomic E-state index is 5.88. The maximum Gasteiger partial charge on any atom is 0.0950 e. The van der Waals surface area contributed by atoms with Crippen LogP contribution in [-0.2, 0) is 4.74 Å². The van der Waals surface area contributed by atoms with Crippen LogP contribution < -0.4 is 5.73 Å². The molecule has 0 aliphatic heterocycles. The number of hydrogen-bond donors (Lipinski definition) is 1. The normalized spacial score (nSPS) is 15.9. The van der Waals surface area contributed by atoms with E-state index in [1.165, 1.54) is 0 Å². The fourth-order valence-corrected chi connectivity index (χ4v) is 1.08. The van der Waals surface area contributed by atoms with Crippen LogP contribution in [0.25, 0.3) is 0 Å². The Bertz CT molecular complexity index is 208. The van der Waals surface area contributed by atoms with Gasteiger partial charge in [0.05, 0.1) is 18.6 Å². The molecule has 1 heterocycles. The number of ether oxygens (including phenoxy) is 1. The van der Waals surface area contributed by atoms with Crippen molar-refractivity contribution in [3.8, 4) is 0 Å². The van der Waals surface area contributed by atoms with Crippen LogP contribution in [0.15, 0.2) is 23.0 Å². The van der Waals surface area contributed by atoms with Crippen LogP contribution in [0.1, 0.15) is 24.9 Å². The molecule has 0 radical (unpaired) electrons. The Morgan fingerprint density at radius 2 is 2.42 bits per heavy atom. The molecule has 1 aromatic rings. The molecule has 0 spiro atoms. The fourth-order valence-electron chi connectivity index (χ4n) is 1.08. The topological polar surface area (TPSA) is 48.4 Å². The summed E-state index contributed by atoms with van der Waals surface area (Å²) in [5.74, 6) is 0. The van der Waals surface area contributed by atoms with E-state index < -0.39 is 0 Å². The average Bonchev–Trinajstić information content (AvgIpc) is 2.56. The highest BCUT2D eigenvalue weighted by Crippen LogP contribution is 2.16. The number of nitrogens with two attached hydrogens (primary N) is 1. The molecule has 3 heteroatoms. The molecule has 1 aromatic heterocycles. The molecule has 0 aliphatic rings. The molecule has 0 fully saturated rings. The SMILES string of the molecule is COC(C)CC(N)c1ccoc1. The van der Waals surface area contributed by atoms with Crippen LogP contribution in [0.5, 0.6) is 0 Å². The van der Waals surface area contributed by atoms with E-state index in [-0.39, 0.29) is 12.1 Å². The smallest absolute Gasteiger partial charge is 0.0950 e. The van der Waals surface area contributed by atoms with Gasteiger partial charge in [0.15, 0.2) is 0 Å². The van der Waals surface area contributed by atoms with Gasteiger partial charge in [0.1, 0.15) is 0 Å². The van der Waals surface area contributed by atoms with Crippen molar-refractivity contribution >= 4 is 0 Å². The summed E-state index contributed by atoms with van der Waals surface area (Å²) in [4.78, 5) is 0. The monoisotopic (exact) mass is 169 g/mol. The highest BCUT2D eigenvalue weighted by molar-refractivity contribution is 5.10. The Hall–Kier alpha value is -0.800. The van der Waals surface area contributed by atoms with Crippen LogP contribution in [0.4, 0.5) is 0 Å². The summed E-state index contributed by atoms with van der Waals surface area (Å²) in [7, 11) is 1.69. The van der Waals surface area contributed by atoms with Crippen molar-refractivity contribution in [3.05, 3.63) is 24.2 Å². The fraction of sp³-hybridized carbons (Fsp3) is 0.556. The van der Waals surface area contributed by atoms with Gasteiger partial charge in [0, 0.05) is 18.7 Å². The molecule has 3 nitrogen and oxygen atoms in total. The molecule has 1 rings (SSSR count). The van der Waals surface area contributed by atoms with Gasteiger partial charge in [-0.3, -0.25) is 0 Å². The lowest BCUT2D eigenvalue weighted by Gasteiger charge is -2.14. The third-order valence-corrected chi connectivity index (χ3v) is 1.96. The second-order valence-corrected chi connectivity index (χ2v) is 2.95. The van der Waals surface area contributed by atoms with E-state index in [2.05, 4.69) is 0 Å². The van der Waals surface area contributed by atoms with E-state index in [1.54, 1.807) is 19.6 Å². The molecular weight excluding hydrogens is 154 g/mol. The minimum Gasteiger partial charge on any atom is -0.472 e. The van der Waals surface area contributed by atoms with E-state index in [0.29, 0.717) is 0 Å². The molecule has 0 saturated carbocycles. The van der Waals surface area contributed by atoms with E-state index in [1.807, 2.05) is 13.0 Å². The number of methoxy groups -OCH3 is 1. The van der Waals surface area contributed by atoms with Crippen LogP contribution in [0.2, 0.25) is 0 Å². The number of hydrogen-bond acceptors (Lipinski definition) is 3. The average molecular weight is 169 g/mol. The van der Waals surface area contributed by atoms with Gasteiger partial charge < -0.3 is 14.9 Å². The minimum absolute atomic E-state index is 0.0127. The first-order valence-electron chi connectivity index (χ1n) is 4.04. The summed E-state index contributed by atoms with van der Waals surface area (Å²) in [6.45, 7) is 2.00. The molecule has 2 unspecified atom stereocenters. The Morgan fingerprint density at radius 1 is 1.67 bits per heavy atom. The highest BCUT2D eigenvalue weighted by Gasteiger charge is 2.10. The lowest BCUT2D eigenvalue weighted by atomic mass is 10.1. The van der Waals surface area contributed by atoms with Gasteiger partial charge in [-0.25, -0.2) is 0 Å². The second kappa shape index (κ2) is 4.28. The summed E-state index contributed by atoms with van der Waals surface area (Å²) >= 11 is 0. The summed E-state index contributed by atoms with van der Waals surface area (Å²) < 4.78 is 10.0. The molecule has 0 amide bonds. The van der Waals surface area contributed by atoms with Crippen molar-refractivity contribution < 1.29 is 9.15 Å². The van der Waals surface area contributed by atoms with Crippen LogP contribution >= 0.6 is 0 Å². The molecule has 2 N–H and O–H groups in total. The zero-order chi connectivity index (χ0) is 8.97. The zero-order valence-electron chi connectivity index (χ0n) is 7.49. The Morgan fingerprint density at radius 3 is 2.92 bits per heavy atom. The molecular formula is C9H15NO2. The molecule has 0 aliphatic carbocycles. The maximum absolute atomic E-state index is 5.88. The number of rotatable bonds is 4. The van der Waals surface area contributed by atoms with Gasteiger partial charge in [-0.05, 0) is 19.4 Å². The zero-order valence-corrected chi connectivity index (χ0v) is 7.49. The van der Waals surface area contributed by atoms with Gasteiger partial charge in [0.2, 0.25) is 0 Å². The quantitative estimate of drug-likeness (QED) is 0.746. The lowest BCUT2D eigenvalue weighted by Crippen LogP contribution is -2.17. The minimum atomic E-state index is 0.0127. The Kier molecular flexibility index (Phi) is 3.31. The number of furan rings is 1. The molecule has 0 aromatic carbocycles. The first-order valence-corrected chi connectivity index (χ1v) is 4.04. The molecule has 2 atom stereocenters. The molecule has 0 bridgehead atoms. The van der Waals surface area contributed by atoms with E-state index >= 15 is 0 Å². The molecule has 68 valence electrons. The van der Waals surface area contributed by atoms with Gasteiger partial charge in [-0.1, -0.05) is 0 Å². The second-order valence-electron chi connectivity index (χ2n) is 2.95. The van der Waals surface area contributed by atoms with Crippen molar-refractivity contribution in [2.24, 2.45) is 5.73 Å². The van der Waals surface area contributed by atoms with Gasteiger partial charge in [0.25, 0.3) is 0 Å². The van der Waals surface area contributed by atoms with Gasteiger partial charge in [-0.2, -0.15) is 0 Å². The molecule has 12 heavy (non-hydrogen) atoms. The van der Waals surface area contributed by atoms with E-state index in [4.69, 9.17) is 14.9 Å². The van der Waals surface area contributed by atoms with E-state index in [9.17, 15) is 0 Å². The lowest BCUT2D eigenvalue weighted by molar-refractivity contribution is 0.104. The standard InChI is InChI=1S/C9H15NO2/c1-7(11-2)5-9(10)8-3-4-12-6-8/h3-4,6-7,9H,5,10H2,1-2H3. The predicted octanol–water partition coefficient (Wildman–Crippen LogP) is 1.70. The highest BCUT2D eigenvalue weighted by atomic mass is 16.5. The summed E-state index contributed by atoms with van der Waals surface area (Å²) in [5, 5.41) is 0. The Balaban J connectivity index is 2.44. The van der Waals surface area contributed by atoms with Gasteiger partial charge >= 0.3 is 0 Å². The summed E-state index contributed by atoms with van der Waals surface area (Å²) in [5.41, 5.74) is 6.90. The largest absolute Gasteiger partial charge is 0.472 e. The predicted molar refractivity (Wildman–Crippen MR) is 46.7 cm³/mol. The van der Waals surface area contributed by atoms with Crippen molar-refractivity contribution in [1.82, 2.24) is 0 Å². The van der Waals surface area contributed by atoms with Crippen LogP contribution in [0.3, 0.4) is 0 Å². The third-order valence-electron chi connectivity index (χ3n) is 1.96. The first kappa shape index (κ1) is 9.29. The van der Waals surface area contributed by atoms with Crippen molar-refractivity contribution in [2.45, 2.75) is 25.5 Å². The summed E-state index contributed by atoms with van der Waals surface area (Å²) in [6.07, 6.45) is 4.31. The van der Waals surface area contributed by atoms with Crippen molar-refractivity contribution in [2.75, 3.05) is 7.11 Å². The molecule has 0 saturated heterocycles. The third kappa shape index (κ3) is 2.36.